The van der Waals surface area contributed by atoms with Gasteiger partial charge in [0, 0.05) is 7.05 Å². The highest BCUT2D eigenvalue weighted by Gasteiger charge is 2.04. The van der Waals surface area contributed by atoms with Gasteiger partial charge in [0.2, 0.25) is 0 Å². The molecular weight excluding hydrogens is 254 g/mol. The van der Waals surface area contributed by atoms with Gasteiger partial charge in [0.05, 0.1) is 10.2 Å². The third kappa shape index (κ3) is 1.88. The molecule has 76 valence electrons. The van der Waals surface area contributed by atoms with Gasteiger partial charge < -0.3 is 4.57 Å². The molecule has 0 radical (unpaired) electrons. The molecule has 15 heavy (non-hydrogen) atoms. The lowest BCUT2D eigenvalue weighted by molar-refractivity contribution is 0.864. The Labute approximate surface area is 96.3 Å². The fourth-order valence-electron chi connectivity index (χ4n) is 1.50. The lowest BCUT2D eigenvalue weighted by Gasteiger charge is -2.08. The second-order valence-corrected chi connectivity index (χ2v) is 4.15. The van der Waals surface area contributed by atoms with E-state index in [0.717, 1.165) is 11.3 Å². The van der Waals surface area contributed by atoms with Crippen molar-refractivity contribution in [3.8, 4) is 11.3 Å². The highest BCUT2D eigenvalue weighted by molar-refractivity contribution is 9.10. The number of hydrogen-bond acceptors (Lipinski definition) is 1. The molecule has 0 saturated carbocycles. The van der Waals surface area contributed by atoms with Crippen molar-refractivity contribution < 1.29 is 0 Å². The van der Waals surface area contributed by atoms with E-state index in [4.69, 9.17) is 0 Å². The number of pyridine rings is 1. The molecule has 2 aromatic rings. The van der Waals surface area contributed by atoms with Gasteiger partial charge in [-0.25, -0.2) is 0 Å². The minimum absolute atomic E-state index is 0.0173. The van der Waals surface area contributed by atoms with E-state index in [1.54, 1.807) is 17.7 Å². The fraction of sp³-hybridized carbons (Fsp3) is 0.0833. The van der Waals surface area contributed by atoms with Crippen LogP contribution in [-0.2, 0) is 7.05 Å². The lowest BCUT2D eigenvalue weighted by Crippen LogP contribution is -2.18. The van der Waals surface area contributed by atoms with Gasteiger partial charge in [0.1, 0.15) is 0 Å². The van der Waals surface area contributed by atoms with Gasteiger partial charge in [0.15, 0.2) is 0 Å². The van der Waals surface area contributed by atoms with Gasteiger partial charge in [0.25, 0.3) is 5.56 Å². The Morgan fingerprint density at radius 2 is 1.73 bits per heavy atom. The number of rotatable bonds is 1. The quantitative estimate of drug-likeness (QED) is 0.776. The minimum Gasteiger partial charge on any atom is -0.310 e. The summed E-state index contributed by atoms with van der Waals surface area (Å²) in [6.07, 6.45) is 0. The summed E-state index contributed by atoms with van der Waals surface area (Å²) in [7, 11) is 1.77. The summed E-state index contributed by atoms with van der Waals surface area (Å²) >= 11 is 3.22. The van der Waals surface area contributed by atoms with Crippen LogP contribution in [0.3, 0.4) is 0 Å². The Kier molecular flexibility index (Phi) is 2.73. The van der Waals surface area contributed by atoms with Crippen LogP contribution in [0.25, 0.3) is 11.3 Å². The van der Waals surface area contributed by atoms with Crippen molar-refractivity contribution in [2.75, 3.05) is 0 Å². The Morgan fingerprint density at radius 1 is 1.07 bits per heavy atom. The Hall–Kier alpha value is -1.35. The first-order valence-corrected chi connectivity index (χ1v) is 5.40. The summed E-state index contributed by atoms with van der Waals surface area (Å²) in [4.78, 5) is 11.7. The van der Waals surface area contributed by atoms with Crippen molar-refractivity contribution in [1.82, 2.24) is 4.57 Å². The average molecular weight is 264 g/mol. The van der Waals surface area contributed by atoms with E-state index < -0.39 is 0 Å². The van der Waals surface area contributed by atoms with Crippen LogP contribution in [0, 0.1) is 0 Å². The van der Waals surface area contributed by atoms with Crippen molar-refractivity contribution in [2.45, 2.75) is 0 Å². The lowest BCUT2D eigenvalue weighted by atomic mass is 10.1. The molecule has 0 aliphatic heterocycles. The van der Waals surface area contributed by atoms with Crippen LogP contribution in [0.2, 0.25) is 0 Å². The predicted octanol–water partition coefficient (Wildman–Crippen LogP) is 2.81. The van der Waals surface area contributed by atoms with Crippen LogP contribution in [0.15, 0.2) is 51.7 Å². The molecule has 0 spiro atoms. The van der Waals surface area contributed by atoms with E-state index in [9.17, 15) is 4.79 Å². The van der Waals surface area contributed by atoms with Crippen LogP contribution in [0.4, 0.5) is 0 Å². The summed E-state index contributed by atoms with van der Waals surface area (Å²) in [5, 5.41) is 0. The molecule has 2 rings (SSSR count). The number of benzene rings is 1. The summed E-state index contributed by atoms with van der Waals surface area (Å²) < 4.78 is 2.23. The SMILES string of the molecule is Cn1c(-c2ccccc2)ccc(Br)c1=O. The average Bonchev–Trinajstić information content (AvgIpc) is 2.27. The van der Waals surface area contributed by atoms with Crippen LogP contribution in [0.5, 0.6) is 0 Å². The maximum absolute atomic E-state index is 11.7. The molecule has 0 saturated heterocycles. The Balaban J connectivity index is 2.66. The monoisotopic (exact) mass is 263 g/mol. The summed E-state index contributed by atoms with van der Waals surface area (Å²) in [5.74, 6) is 0. The van der Waals surface area contributed by atoms with E-state index in [2.05, 4.69) is 15.9 Å². The van der Waals surface area contributed by atoms with Crippen LogP contribution < -0.4 is 5.56 Å². The Bertz CT molecular complexity index is 531. The molecule has 0 aliphatic carbocycles. The zero-order valence-electron chi connectivity index (χ0n) is 8.27. The maximum atomic E-state index is 11.7. The first kappa shape index (κ1) is 10.2. The zero-order valence-corrected chi connectivity index (χ0v) is 9.86. The molecule has 1 aromatic carbocycles. The zero-order chi connectivity index (χ0) is 10.8. The molecule has 0 unspecified atom stereocenters. The minimum atomic E-state index is -0.0173. The van der Waals surface area contributed by atoms with Crippen LogP contribution in [0.1, 0.15) is 0 Å². The van der Waals surface area contributed by atoms with Gasteiger partial charge in [-0.2, -0.15) is 0 Å². The molecule has 1 heterocycles. The second-order valence-electron chi connectivity index (χ2n) is 3.30. The third-order valence-corrected chi connectivity index (χ3v) is 2.93. The van der Waals surface area contributed by atoms with Crippen molar-refractivity contribution in [2.24, 2.45) is 7.05 Å². The van der Waals surface area contributed by atoms with Gasteiger partial charge in [-0.05, 0) is 33.6 Å². The molecule has 0 amide bonds. The van der Waals surface area contributed by atoms with Crippen molar-refractivity contribution >= 4 is 15.9 Å². The van der Waals surface area contributed by atoms with E-state index in [0.29, 0.717) is 4.47 Å². The third-order valence-electron chi connectivity index (χ3n) is 2.33. The molecule has 2 nitrogen and oxygen atoms in total. The largest absolute Gasteiger partial charge is 0.310 e. The standard InChI is InChI=1S/C12H10BrNO/c1-14-11(8-7-10(13)12(14)15)9-5-3-2-4-6-9/h2-8H,1H3. The van der Waals surface area contributed by atoms with E-state index >= 15 is 0 Å². The number of nitrogens with zero attached hydrogens (tertiary/aromatic N) is 1. The normalized spacial score (nSPS) is 10.3. The summed E-state index contributed by atoms with van der Waals surface area (Å²) in [6, 6.07) is 13.6. The molecule has 1 aromatic heterocycles. The highest BCUT2D eigenvalue weighted by atomic mass is 79.9. The number of hydrogen-bond donors (Lipinski definition) is 0. The smallest absolute Gasteiger partial charge is 0.265 e. The van der Waals surface area contributed by atoms with Crippen molar-refractivity contribution in [3.63, 3.8) is 0 Å². The van der Waals surface area contributed by atoms with Gasteiger partial charge in [-0.15, -0.1) is 0 Å². The molecular formula is C12H10BrNO. The van der Waals surface area contributed by atoms with Crippen LogP contribution in [-0.4, -0.2) is 4.57 Å². The molecule has 0 fully saturated rings. The van der Waals surface area contributed by atoms with Gasteiger partial charge in [-0.3, -0.25) is 4.79 Å². The summed E-state index contributed by atoms with van der Waals surface area (Å²) in [6.45, 7) is 0. The van der Waals surface area contributed by atoms with Gasteiger partial charge >= 0.3 is 0 Å². The number of aromatic nitrogens is 1. The highest BCUT2D eigenvalue weighted by Crippen LogP contribution is 2.17. The topological polar surface area (TPSA) is 22.0 Å². The molecule has 0 bridgehead atoms. The first-order valence-electron chi connectivity index (χ1n) is 4.61. The summed E-state index contributed by atoms with van der Waals surface area (Å²) in [5.41, 5.74) is 1.95. The first-order chi connectivity index (χ1) is 7.20. The van der Waals surface area contributed by atoms with Crippen molar-refractivity contribution in [3.05, 3.63) is 57.3 Å². The van der Waals surface area contributed by atoms with E-state index in [1.165, 1.54) is 0 Å². The van der Waals surface area contributed by atoms with Gasteiger partial charge in [-0.1, -0.05) is 30.3 Å². The number of halogens is 1. The maximum Gasteiger partial charge on any atom is 0.265 e. The Morgan fingerprint density at radius 3 is 2.40 bits per heavy atom. The molecule has 0 atom stereocenters. The molecule has 0 N–H and O–H groups in total. The van der Waals surface area contributed by atoms with Crippen LogP contribution >= 0.6 is 15.9 Å². The predicted molar refractivity (Wildman–Crippen MR) is 64.8 cm³/mol. The molecule has 3 heteroatoms. The second kappa shape index (κ2) is 4.03. The molecule has 0 aliphatic rings. The fourth-order valence-corrected chi connectivity index (χ4v) is 1.90. The van der Waals surface area contributed by atoms with E-state index in [-0.39, 0.29) is 5.56 Å². The van der Waals surface area contributed by atoms with Crippen molar-refractivity contribution in [1.29, 1.82) is 0 Å². The van der Waals surface area contributed by atoms with E-state index in [1.807, 2.05) is 36.4 Å².